The second kappa shape index (κ2) is 10.6. The lowest BCUT2D eigenvalue weighted by Gasteiger charge is -2.36. The molecule has 174 valence electrons. The Morgan fingerprint density at radius 3 is 2.41 bits per heavy atom. The molecule has 4 rings (SSSR count). The SMILES string of the molecule is CCOC(=O)c1ccc(N2C(=O)C[C@H](N3CCC(CCN4CCOCC4)CC3)C2=O)cc1. The molecule has 0 aliphatic carbocycles. The lowest BCUT2D eigenvalue weighted by atomic mass is 9.92. The van der Waals surface area contributed by atoms with Crippen molar-refractivity contribution in [2.75, 3.05) is 57.4 Å². The van der Waals surface area contributed by atoms with Crippen LogP contribution in [0.5, 0.6) is 0 Å². The highest BCUT2D eigenvalue weighted by Crippen LogP contribution is 2.30. The first-order chi connectivity index (χ1) is 15.6. The van der Waals surface area contributed by atoms with Crippen molar-refractivity contribution < 1.29 is 23.9 Å². The number of carbonyl (C=O) groups excluding carboxylic acids is 3. The summed E-state index contributed by atoms with van der Waals surface area (Å²) in [5.74, 6) is -0.0794. The molecule has 0 saturated carbocycles. The highest BCUT2D eigenvalue weighted by molar-refractivity contribution is 6.22. The van der Waals surface area contributed by atoms with E-state index in [4.69, 9.17) is 9.47 Å². The molecule has 3 saturated heterocycles. The van der Waals surface area contributed by atoms with Gasteiger partial charge in [0.25, 0.3) is 5.91 Å². The Morgan fingerprint density at radius 1 is 1.06 bits per heavy atom. The fourth-order valence-corrected chi connectivity index (χ4v) is 4.88. The second-order valence-corrected chi connectivity index (χ2v) is 8.78. The van der Waals surface area contributed by atoms with Gasteiger partial charge < -0.3 is 9.47 Å². The predicted molar refractivity (Wildman–Crippen MR) is 119 cm³/mol. The molecule has 0 unspecified atom stereocenters. The lowest BCUT2D eigenvalue weighted by Crippen LogP contribution is -2.46. The van der Waals surface area contributed by atoms with Crippen LogP contribution in [0.4, 0.5) is 5.69 Å². The maximum atomic E-state index is 13.1. The van der Waals surface area contributed by atoms with Gasteiger partial charge in [0.05, 0.1) is 43.5 Å². The van der Waals surface area contributed by atoms with Crippen molar-refractivity contribution in [3.63, 3.8) is 0 Å². The van der Waals surface area contributed by atoms with Crippen LogP contribution in [0, 0.1) is 5.92 Å². The van der Waals surface area contributed by atoms with Crippen molar-refractivity contribution in [2.45, 2.75) is 38.6 Å². The van der Waals surface area contributed by atoms with E-state index in [0.717, 1.165) is 58.8 Å². The summed E-state index contributed by atoms with van der Waals surface area (Å²) in [7, 11) is 0. The first-order valence-corrected chi connectivity index (χ1v) is 11.7. The monoisotopic (exact) mass is 443 g/mol. The van der Waals surface area contributed by atoms with Crippen LogP contribution in [0.2, 0.25) is 0 Å². The molecule has 3 heterocycles. The third-order valence-corrected chi connectivity index (χ3v) is 6.81. The molecule has 1 atom stereocenters. The first-order valence-electron chi connectivity index (χ1n) is 11.7. The van der Waals surface area contributed by atoms with Crippen molar-refractivity contribution in [1.82, 2.24) is 9.80 Å². The third-order valence-electron chi connectivity index (χ3n) is 6.81. The minimum atomic E-state index is -0.410. The number of likely N-dealkylation sites (tertiary alicyclic amines) is 1. The van der Waals surface area contributed by atoms with Crippen LogP contribution in [-0.2, 0) is 19.1 Å². The summed E-state index contributed by atoms with van der Waals surface area (Å²) in [6.07, 6.45) is 3.54. The summed E-state index contributed by atoms with van der Waals surface area (Å²) in [6.45, 7) is 8.58. The number of morpholine rings is 1. The Balaban J connectivity index is 1.30. The van der Waals surface area contributed by atoms with E-state index < -0.39 is 5.97 Å². The fourth-order valence-electron chi connectivity index (χ4n) is 4.88. The number of esters is 1. The van der Waals surface area contributed by atoms with Gasteiger partial charge in [-0.1, -0.05) is 0 Å². The highest BCUT2D eigenvalue weighted by atomic mass is 16.5. The maximum Gasteiger partial charge on any atom is 0.338 e. The van der Waals surface area contributed by atoms with Gasteiger partial charge >= 0.3 is 5.97 Å². The Hall–Kier alpha value is -2.29. The van der Waals surface area contributed by atoms with Crippen LogP contribution in [0.3, 0.4) is 0 Å². The van der Waals surface area contributed by atoms with Gasteiger partial charge in [-0.15, -0.1) is 0 Å². The van der Waals surface area contributed by atoms with Crippen LogP contribution in [0.1, 0.15) is 43.0 Å². The van der Waals surface area contributed by atoms with Crippen molar-refractivity contribution in [1.29, 1.82) is 0 Å². The number of anilines is 1. The van der Waals surface area contributed by atoms with Crippen LogP contribution in [0.15, 0.2) is 24.3 Å². The van der Waals surface area contributed by atoms with Gasteiger partial charge in [-0.3, -0.25) is 19.4 Å². The van der Waals surface area contributed by atoms with Gasteiger partial charge in [0, 0.05) is 13.1 Å². The molecule has 0 aromatic heterocycles. The number of piperidine rings is 1. The standard InChI is InChI=1S/C24H33N3O5/c1-2-32-24(30)19-3-5-20(6-4-19)27-22(28)17-21(23(27)29)26-11-8-18(9-12-26)7-10-25-13-15-31-16-14-25/h3-6,18,21H,2,7-17H2,1H3/t21-/m0/s1. The van der Waals surface area contributed by atoms with Gasteiger partial charge in [0.15, 0.2) is 0 Å². The van der Waals surface area contributed by atoms with Crippen molar-refractivity contribution in [2.24, 2.45) is 5.92 Å². The number of hydrogen-bond acceptors (Lipinski definition) is 7. The molecule has 3 fully saturated rings. The number of amides is 2. The molecule has 1 aromatic carbocycles. The number of rotatable bonds is 7. The summed E-state index contributed by atoms with van der Waals surface area (Å²) in [5, 5.41) is 0. The average molecular weight is 444 g/mol. The lowest BCUT2D eigenvalue weighted by molar-refractivity contribution is -0.123. The first kappa shape index (κ1) is 22.9. The molecule has 32 heavy (non-hydrogen) atoms. The topological polar surface area (TPSA) is 79.4 Å². The zero-order valence-corrected chi connectivity index (χ0v) is 18.8. The van der Waals surface area contributed by atoms with Crippen molar-refractivity contribution in [3.8, 4) is 0 Å². The van der Waals surface area contributed by atoms with Gasteiger partial charge in [0.1, 0.15) is 0 Å². The maximum absolute atomic E-state index is 13.1. The van der Waals surface area contributed by atoms with Gasteiger partial charge in [-0.05, 0) is 76.0 Å². The van der Waals surface area contributed by atoms with E-state index in [1.807, 2.05) is 0 Å². The number of ether oxygens (including phenoxy) is 2. The van der Waals surface area contributed by atoms with E-state index in [-0.39, 0.29) is 24.3 Å². The Morgan fingerprint density at radius 2 is 1.75 bits per heavy atom. The predicted octanol–water partition coefficient (Wildman–Crippen LogP) is 1.93. The normalized spacial score (nSPS) is 23.7. The molecule has 0 spiro atoms. The molecular weight excluding hydrogens is 410 g/mol. The minimum Gasteiger partial charge on any atom is -0.462 e. The molecule has 8 nitrogen and oxygen atoms in total. The number of hydrogen-bond donors (Lipinski definition) is 0. The van der Waals surface area contributed by atoms with Crippen LogP contribution < -0.4 is 4.90 Å². The highest BCUT2D eigenvalue weighted by Gasteiger charge is 2.43. The number of nitrogens with zero attached hydrogens (tertiary/aromatic N) is 3. The van der Waals surface area contributed by atoms with Crippen LogP contribution in [-0.4, -0.2) is 86.2 Å². The molecule has 3 aliphatic rings. The quantitative estimate of drug-likeness (QED) is 0.471. The van der Waals surface area contributed by atoms with Crippen LogP contribution >= 0.6 is 0 Å². The minimum absolute atomic E-state index is 0.161. The fraction of sp³-hybridized carbons (Fsp3) is 0.625. The van der Waals surface area contributed by atoms with Gasteiger partial charge in [-0.25, -0.2) is 9.69 Å². The Labute approximate surface area is 189 Å². The van der Waals surface area contributed by atoms with E-state index in [1.54, 1.807) is 31.2 Å². The van der Waals surface area contributed by atoms with E-state index >= 15 is 0 Å². The van der Waals surface area contributed by atoms with E-state index in [9.17, 15) is 14.4 Å². The summed E-state index contributed by atoms with van der Waals surface area (Å²) in [5.41, 5.74) is 0.918. The molecule has 3 aliphatic heterocycles. The van der Waals surface area contributed by atoms with Crippen LogP contribution in [0.25, 0.3) is 0 Å². The number of carbonyl (C=O) groups is 3. The van der Waals surface area contributed by atoms with E-state index in [0.29, 0.717) is 23.8 Å². The Bertz CT molecular complexity index is 813. The summed E-state index contributed by atoms with van der Waals surface area (Å²) in [4.78, 5) is 43.5. The van der Waals surface area contributed by atoms with E-state index in [2.05, 4.69) is 9.80 Å². The summed E-state index contributed by atoms with van der Waals surface area (Å²) < 4.78 is 10.4. The summed E-state index contributed by atoms with van der Waals surface area (Å²) in [6, 6.07) is 6.10. The molecule has 0 N–H and O–H groups in total. The second-order valence-electron chi connectivity index (χ2n) is 8.78. The van der Waals surface area contributed by atoms with Gasteiger partial charge in [-0.2, -0.15) is 0 Å². The Kier molecular flexibility index (Phi) is 7.55. The molecule has 0 bridgehead atoms. The van der Waals surface area contributed by atoms with Crippen molar-refractivity contribution in [3.05, 3.63) is 29.8 Å². The number of benzene rings is 1. The summed E-state index contributed by atoms with van der Waals surface area (Å²) >= 11 is 0. The molecule has 8 heteroatoms. The smallest absolute Gasteiger partial charge is 0.338 e. The molecule has 2 amide bonds. The third kappa shape index (κ3) is 5.19. The molecule has 1 aromatic rings. The average Bonchev–Trinajstić information content (AvgIpc) is 3.12. The molecular formula is C24H33N3O5. The zero-order chi connectivity index (χ0) is 22.5. The van der Waals surface area contributed by atoms with Crippen molar-refractivity contribution >= 4 is 23.5 Å². The largest absolute Gasteiger partial charge is 0.462 e. The van der Waals surface area contributed by atoms with Gasteiger partial charge in [0.2, 0.25) is 5.91 Å². The zero-order valence-electron chi connectivity index (χ0n) is 18.8. The van der Waals surface area contributed by atoms with E-state index in [1.165, 1.54) is 11.3 Å². The number of imide groups is 1. The molecule has 0 radical (unpaired) electrons.